The molecule has 21 heavy (non-hydrogen) atoms. The van der Waals surface area contributed by atoms with Crippen molar-refractivity contribution in [2.75, 3.05) is 25.0 Å². The summed E-state index contributed by atoms with van der Waals surface area (Å²) in [6.45, 7) is 2.83. The number of urea groups is 1. The third kappa shape index (κ3) is 3.69. The monoisotopic (exact) mass is 307 g/mol. The molecule has 2 aliphatic rings. The topological polar surface area (TPSA) is 44.4 Å². The molecule has 0 radical (unpaired) electrons. The first-order valence-corrected chi connectivity index (χ1v) is 8.15. The van der Waals surface area contributed by atoms with Crippen LogP contribution in [0.5, 0.6) is 0 Å². The van der Waals surface area contributed by atoms with Gasteiger partial charge in [0.1, 0.15) is 0 Å². The van der Waals surface area contributed by atoms with Crippen molar-refractivity contribution in [3.05, 3.63) is 29.3 Å². The maximum Gasteiger partial charge on any atom is 0.321 e. The van der Waals surface area contributed by atoms with Crippen molar-refractivity contribution in [3.8, 4) is 0 Å². The van der Waals surface area contributed by atoms with Gasteiger partial charge < -0.3 is 15.5 Å². The second kappa shape index (κ2) is 6.67. The Kier molecular flexibility index (Phi) is 4.66. The van der Waals surface area contributed by atoms with Crippen molar-refractivity contribution in [3.63, 3.8) is 0 Å². The molecule has 0 spiro atoms. The van der Waals surface area contributed by atoms with Crippen molar-refractivity contribution in [1.29, 1.82) is 0 Å². The van der Waals surface area contributed by atoms with Crippen molar-refractivity contribution >= 4 is 23.3 Å². The van der Waals surface area contributed by atoms with Gasteiger partial charge in [0, 0.05) is 29.8 Å². The number of benzene rings is 1. The summed E-state index contributed by atoms with van der Waals surface area (Å²) in [5.74, 6) is 0.595. The number of hydrogen-bond donors (Lipinski definition) is 2. The molecule has 2 aliphatic heterocycles. The molecule has 2 atom stereocenters. The predicted molar refractivity (Wildman–Crippen MR) is 85.8 cm³/mol. The average Bonchev–Trinajstić information content (AvgIpc) is 3.04. The van der Waals surface area contributed by atoms with Crippen molar-refractivity contribution in [2.45, 2.75) is 31.7 Å². The van der Waals surface area contributed by atoms with E-state index < -0.39 is 0 Å². The van der Waals surface area contributed by atoms with E-state index in [2.05, 4.69) is 10.6 Å². The highest BCUT2D eigenvalue weighted by atomic mass is 35.5. The number of likely N-dealkylation sites (tertiary alicyclic amines) is 1. The Morgan fingerprint density at radius 3 is 2.76 bits per heavy atom. The summed E-state index contributed by atoms with van der Waals surface area (Å²) >= 11 is 5.86. The molecule has 1 aromatic rings. The van der Waals surface area contributed by atoms with Crippen LogP contribution in [0.25, 0.3) is 0 Å². The summed E-state index contributed by atoms with van der Waals surface area (Å²) in [6.07, 6.45) is 4.83. The molecule has 2 N–H and O–H groups in total. The first-order valence-electron chi connectivity index (χ1n) is 7.77. The van der Waals surface area contributed by atoms with Gasteiger partial charge >= 0.3 is 6.03 Å². The van der Waals surface area contributed by atoms with E-state index in [4.69, 9.17) is 11.6 Å². The maximum atomic E-state index is 12.4. The molecule has 2 unspecified atom stereocenters. The van der Waals surface area contributed by atoms with Crippen LogP contribution in [0.15, 0.2) is 24.3 Å². The fourth-order valence-electron chi connectivity index (χ4n) is 3.37. The van der Waals surface area contributed by atoms with Gasteiger partial charge in [-0.15, -0.1) is 0 Å². The Balaban J connectivity index is 1.57. The third-order valence-corrected chi connectivity index (χ3v) is 4.76. The third-order valence-electron chi connectivity index (χ3n) is 4.51. The van der Waals surface area contributed by atoms with E-state index in [9.17, 15) is 4.79 Å². The van der Waals surface area contributed by atoms with Crippen molar-refractivity contribution in [1.82, 2.24) is 10.2 Å². The number of hydrogen-bond acceptors (Lipinski definition) is 2. The molecule has 2 saturated heterocycles. The molecule has 114 valence electrons. The molecule has 5 heteroatoms. The Hall–Kier alpha value is -1.26. The first-order chi connectivity index (χ1) is 10.2. The second-order valence-corrected chi connectivity index (χ2v) is 6.42. The zero-order chi connectivity index (χ0) is 14.7. The minimum absolute atomic E-state index is 0.0000180. The van der Waals surface area contributed by atoms with E-state index in [1.54, 1.807) is 12.1 Å². The number of nitrogens with one attached hydrogen (secondary N) is 2. The van der Waals surface area contributed by atoms with Crippen molar-refractivity contribution < 1.29 is 4.79 Å². The summed E-state index contributed by atoms with van der Waals surface area (Å²) in [6, 6.07) is 7.84. The minimum atomic E-state index is 0.0000180. The summed E-state index contributed by atoms with van der Waals surface area (Å²) in [5.41, 5.74) is 0.797. The Bertz CT molecular complexity index is 485. The molecule has 1 aromatic carbocycles. The lowest BCUT2D eigenvalue weighted by Crippen LogP contribution is -2.47. The summed E-state index contributed by atoms with van der Waals surface area (Å²) in [7, 11) is 0. The molecular formula is C16H22ClN3O. The summed E-state index contributed by atoms with van der Waals surface area (Å²) in [5, 5.41) is 7.21. The molecule has 2 fully saturated rings. The van der Waals surface area contributed by atoms with Gasteiger partial charge in [-0.2, -0.15) is 0 Å². The number of rotatable bonds is 2. The maximum absolute atomic E-state index is 12.4. The molecule has 3 rings (SSSR count). The van der Waals surface area contributed by atoms with Gasteiger partial charge in [-0.3, -0.25) is 0 Å². The van der Waals surface area contributed by atoms with Gasteiger partial charge in [0.15, 0.2) is 0 Å². The number of anilines is 1. The Morgan fingerprint density at radius 1 is 1.24 bits per heavy atom. The van der Waals surface area contributed by atoms with Crippen LogP contribution in [-0.4, -0.2) is 36.6 Å². The first kappa shape index (κ1) is 14.7. The molecule has 2 amide bonds. The summed E-state index contributed by atoms with van der Waals surface area (Å²) < 4.78 is 0. The van der Waals surface area contributed by atoms with E-state index in [0.29, 0.717) is 17.0 Å². The van der Waals surface area contributed by atoms with Crippen LogP contribution < -0.4 is 10.6 Å². The molecule has 4 nitrogen and oxygen atoms in total. The highest BCUT2D eigenvalue weighted by molar-refractivity contribution is 6.30. The van der Waals surface area contributed by atoms with Gasteiger partial charge in [-0.1, -0.05) is 11.6 Å². The average molecular weight is 308 g/mol. The van der Waals surface area contributed by atoms with Crippen LogP contribution in [0, 0.1) is 5.92 Å². The van der Waals surface area contributed by atoms with E-state index in [0.717, 1.165) is 31.7 Å². The van der Waals surface area contributed by atoms with Crippen LogP contribution >= 0.6 is 11.6 Å². The molecule has 0 saturated carbocycles. The van der Waals surface area contributed by atoms with Gasteiger partial charge in [-0.25, -0.2) is 4.79 Å². The lowest BCUT2D eigenvalue weighted by Gasteiger charge is -2.35. The largest absolute Gasteiger partial charge is 0.324 e. The zero-order valence-corrected chi connectivity index (χ0v) is 12.9. The van der Waals surface area contributed by atoms with Crippen LogP contribution in [-0.2, 0) is 0 Å². The Labute approximate surface area is 130 Å². The number of carbonyl (C=O) groups is 1. The highest BCUT2D eigenvalue weighted by Crippen LogP contribution is 2.25. The SMILES string of the molecule is O=C(Nc1ccc(Cl)cc1)N1CCCC(C2CCCN2)C1. The van der Waals surface area contributed by atoms with Crippen LogP contribution in [0.3, 0.4) is 0 Å². The smallest absolute Gasteiger partial charge is 0.321 e. The van der Waals surface area contributed by atoms with Gasteiger partial charge in [0.2, 0.25) is 0 Å². The minimum Gasteiger partial charge on any atom is -0.324 e. The number of halogens is 1. The predicted octanol–water partition coefficient (Wildman–Crippen LogP) is 3.34. The molecule has 0 bridgehead atoms. The number of nitrogens with zero attached hydrogens (tertiary/aromatic N) is 1. The lowest BCUT2D eigenvalue weighted by molar-refractivity contribution is 0.163. The van der Waals surface area contributed by atoms with Crippen LogP contribution in [0.4, 0.5) is 10.5 Å². The highest BCUT2D eigenvalue weighted by Gasteiger charge is 2.30. The van der Waals surface area contributed by atoms with E-state index >= 15 is 0 Å². The summed E-state index contributed by atoms with van der Waals surface area (Å²) in [4.78, 5) is 14.3. The number of carbonyl (C=O) groups excluding carboxylic acids is 1. The molecule has 0 aromatic heterocycles. The molecular weight excluding hydrogens is 286 g/mol. The fourth-order valence-corrected chi connectivity index (χ4v) is 3.50. The Morgan fingerprint density at radius 2 is 2.05 bits per heavy atom. The lowest BCUT2D eigenvalue weighted by atomic mass is 9.90. The van der Waals surface area contributed by atoms with Crippen LogP contribution in [0.1, 0.15) is 25.7 Å². The van der Waals surface area contributed by atoms with Gasteiger partial charge in [-0.05, 0) is 62.4 Å². The normalized spacial score (nSPS) is 25.9. The quantitative estimate of drug-likeness (QED) is 0.880. The van der Waals surface area contributed by atoms with E-state index in [1.807, 2.05) is 17.0 Å². The van der Waals surface area contributed by atoms with E-state index in [1.165, 1.54) is 19.3 Å². The van der Waals surface area contributed by atoms with Gasteiger partial charge in [0.05, 0.1) is 0 Å². The van der Waals surface area contributed by atoms with Crippen molar-refractivity contribution in [2.24, 2.45) is 5.92 Å². The molecule has 2 heterocycles. The zero-order valence-electron chi connectivity index (χ0n) is 12.1. The standard InChI is InChI=1S/C16H22ClN3O/c17-13-5-7-14(8-6-13)19-16(21)20-10-2-3-12(11-20)15-4-1-9-18-15/h5-8,12,15,18H,1-4,9-11H2,(H,19,21). The van der Waals surface area contributed by atoms with Gasteiger partial charge in [0.25, 0.3) is 0 Å². The fraction of sp³-hybridized carbons (Fsp3) is 0.562. The van der Waals surface area contributed by atoms with E-state index in [-0.39, 0.29) is 6.03 Å². The van der Waals surface area contributed by atoms with Crippen LogP contribution in [0.2, 0.25) is 5.02 Å². The number of amides is 2. The second-order valence-electron chi connectivity index (χ2n) is 5.99. The molecule has 0 aliphatic carbocycles. The number of piperidine rings is 1.